The van der Waals surface area contributed by atoms with Gasteiger partial charge in [0.1, 0.15) is 18.9 Å². The number of nitrogens with zero attached hydrogens (tertiary/aromatic N) is 1. The summed E-state index contributed by atoms with van der Waals surface area (Å²) >= 11 is 0. The predicted molar refractivity (Wildman–Crippen MR) is 108 cm³/mol. The summed E-state index contributed by atoms with van der Waals surface area (Å²) in [6.07, 6.45) is -0.135. The molecule has 1 aliphatic heterocycles. The number of ether oxygens (including phenoxy) is 2. The van der Waals surface area contributed by atoms with E-state index < -0.39 is 9.84 Å². The lowest BCUT2D eigenvalue weighted by Gasteiger charge is -2.18. The van der Waals surface area contributed by atoms with Crippen LogP contribution in [0.2, 0.25) is 0 Å². The molecule has 3 aromatic rings. The van der Waals surface area contributed by atoms with Crippen LogP contribution in [0.15, 0.2) is 64.0 Å². The Balaban J connectivity index is 1.32. The maximum atomic E-state index is 12.2. The van der Waals surface area contributed by atoms with Crippen molar-refractivity contribution in [1.82, 2.24) is 10.5 Å². The number of carbonyl (C=O) groups is 1. The highest BCUT2D eigenvalue weighted by Crippen LogP contribution is 2.34. The molecule has 1 amide bonds. The smallest absolute Gasteiger partial charge is 0.221 e. The van der Waals surface area contributed by atoms with Crippen molar-refractivity contribution in [3.05, 3.63) is 60.3 Å². The zero-order chi connectivity index (χ0) is 21.0. The predicted octanol–water partition coefficient (Wildman–Crippen LogP) is 2.59. The van der Waals surface area contributed by atoms with E-state index in [9.17, 15) is 13.2 Å². The largest absolute Gasteiger partial charge is 0.486 e. The summed E-state index contributed by atoms with van der Waals surface area (Å²) in [5.74, 6) is 1.22. The first-order valence-corrected chi connectivity index (χ1v) is 11.1. The Morgan fingerprint density at radius 3 is 2.57 bits per heavy atom. The molecule has 8 nitrogen and oxygen atoms in total. The van der Waals surface area contributed by atoms with Gasteiger partial charge in [0.25, 0.3) is 0 Å². The standard InChI is InChI=1S/C21H20N2O6S/c24-21(8-11-30(25,26)17-4-2-1-3-5-17)22-14-16-13-19(29-23-16)15-6-7-18-20(12-15)28-10-9-27-18/h1-7,12-13H,8-11,14H2,(H,22,24). The molecule has 1 aliphatic rings. The van der Waals surface area contributed by atoms with Crippen LogP contribution in [0.4, 0.5) is 0 Å². The summed E-state index contributed by atoms with van der Waals surface area (Å²) < 4.78 is 40.9. The van der Waals surface area contributed by atoms with E-state index in [2.05, 4.69) is 10.5 Å². The summed E-state index contributed by atoms with van der Waals surface area (Å²) in [6, 6.07) is 15.2. The summed E-state index contributed by atoms with van der Waals surface area (Å²) in [5.41, 5.74) is 1.30. The van der Waals surface area contributed by atoms with Crippen molar-refractivity contribution in [3.63, 3.8) is 0 Å². The summed E-state index contributed by atoms with van der Waals surface area (Å²) in [6.45, 7) is 1.15. The molecule has 30 heavy (non-hydrogen) atoms. The minimum atomic E-state index is -3.49. The summed E-state index contributed by atoms with van der Waals surface area (Å²) in [4.78, 5) is 12.3. The lowest BCUT2D eigenvalue weighted by molar-refractivity contribution is -0.120. The topological polar surface area (TPSA) is 108 Å². The molecule has 0 saturated heterocycles. The van der Waals surface area contributed by atoms with Crippen molar-refractivity contribution in [2.75, 3.05) is 19.0 Å². The molecule has 1 aromatic heterocycles. The highest BCUT2D eigenvalue weighted by molar-refractivity contribution is 7.91. The Bertz CT molecular complexity index is 1140. The van der Waals surface area contributed by atoms with Gasteiger partial charge in [-0.15, -0.1) is 0 Å². The van der Waals surface area contributed by atoms with Gasteiger partial charge in [-0.3, -0.25) is 4.79 Å². The molecule has 0 spiro atoms. The Hall–Kier alpha value is -3.33. The van der Waals surface area contributed by atoms with E-state index in [-0.39, 0.29) is 29.5 Å². The van der Waals surface area contributed by atoms with Crippen molar-refractivity contribution in [2.24, 2.45) is 0 Å². The van der Waals surface area contributed by atoms with Crippen LogP contribution in [0.1, 0.15) is 12.1 Å². The van der Waals surface area contributed by atoms with Crippen LogP contribution in [0.25, 0.3) is 11.3 Å². The minimum absolute atomic E-state index is 0.135. The molecule has 0 unspecified atom stereocenters. The zero-order valence-corrected chi connectivity index (χ0v) is 16.9. The molecule has 4 rings (SSSR count). The second kappa shape index (κ2) is 8.58. The maximum absolute atomic E-state index is 12.2. The molecule has 0 radical (unpaired) electrons. The first-order valence-electron chi connectivity index (χ1n) is 9.41. The number of sulfone groups is 1. The lowest BCUT2D eigenvalue weighted by atomic mass is 10.1. The molecular formula is C21H20N2O6S. The van der Waals surface area contributed by atoms with Crippen LogP contribution < -0.4 is 14.8 Å². The van der Waals surface area contributed by atoms with Crippen molar-refractivity contribution in [3.8, 4) is 22.8 Å². The van der Waals surface area contributed by atoms with Gasteiger partial charge in [-0.1, -0.05) is 23.4 Å². The van der Waals surface area contributed by atoms with E-state index in [0.29, 0.717) is 36.2 Å². The quantitative estimate of drug-likeness (QED) is 0.616. The van der Waals surface area contributed by atoms with Gasteiger partial charge in [0.2, 0.25) is 5.91 Å². The SMILES string of the molecule is O=C(CCS(=O)(=O)c1ccccc1)NCc1cc(-c2ccc3c(c2)OCCO3)on1. The number of benzene rings is 2. The second-order valence-corrected chi connectivity index (χ2v) is 8.81. The number of aromatic nitrogens is 1. The average molecular weight is 428 g/mol. The van der Waals surface area contributed by atoms with Crippen LogP contribution in [-0.4, -0.2) is 38.4 Å². The van der Waals surface area contributed by atoms with Gasteiger partial charge in [0.05, 0.1) is 17.2 Å². The van der Waals surface area contributed by atoms with Gasteiger partial charge in [-0.25, -0.2) is 8.42 Å². The van der Waals surface area contributed by atoms with Gasteiger partial charge in [-0.05, 0) is 30.3 Å². The molecule has 2 heterocycles. The third-order valence-electron chi connectivity index (χ3n) is 4.55. The van der Waals surface area contributed by atoms with Crippen molar-refractivity contribution in [1.29, 1.82) is 0 Å². The third-order valence-corrected chi connectivity index (χ3v) is 6.28. The lowest BCUT2D eigenvalue weighted by Crippen LogP contribution is -2.25. The molecule has 0 aliphatic carbocycles. The first kappa shape index (κ1) is 20.0. The van der Waals surface area contributed by atoms with E-state index >= 15 is 0 Å². The van der Waals surface area contributed by atoms with Crippen molar-refractivity contribution in [2.45, 2.75) is 17.9 Å². The number of nitrogens with one attached hydrogen (secondary N) is 1. The normalized spacial score (nSPS) is 13.1. The van der Waals surface area contributed by atoms with E-state index in [1.807, 2.05) is 12.1 Å². The second-order valence-electron chi connectivity index (χ2n) is 6.70. The molecule has 0 atom stereocenters. The van der Waals surface area contributed by atoms with E-state index in [4.69, 9.17) is 14.0 Å². The molecule has 1 N–H and O–H groups in total. The number of hydrogen-bond donors (Lipinski definition) is 1. The molecule has 2 aromatic carbocycles. The van der Waals surface area contributed by atoms with Crippen LogP contribution in [-0.2, 0) is 21.2 Å². The van der Waals surface area contributed by atoms with Crippen LogP contribution >= 0.6 is 0 Å². The Kier molecular flexibility index (Phi) is 5.71. The fourth-order valence-corrected chi connectivity index (χ4v) is 4.24. The molecule has 9 heteroatoms. The van der Waals surface area contributed by atoms with E-state index in [1.165, 1.54) is 12.1 Å². The number of rotatable bonds is 7. The maximum Gasteiger partial charge on any atom is 0.221 e. The zero-order valence-electron chi connectivity index (χ0n) is 16.0. The van der Waals surface area contributed by atoms with Crippen molar-refractivity contribution < 1.29 is 27.2 Å². The molecule has 0 bridgehead atoms. The van der Waals surface area contributed by atoms with Gasteiger partial charge in [0, 0.05) is 18.1 Å². The Labute approximate surface area is 173 Å². The molecular weight excluding hydrogens is 408 g/mol. The fourth-order valence-electron chi connectivity index (χ4n) is 2.98. The van der Waals surface area contributed by atoms with E-state index in [1.54, 1.807) is 30.3 Å². The molecule has 156 valence electrons. The van der Waals surface area contributed by atoms with E-state index in [0.717, 1.165) is 5.56 Å². The van der Waals surface area contributed by atoms with Gasteiger partial charge in [0.15, 0.2) is 27.1 Å². The van der Waals surface area contributed by atoms with Crippen LogP contribution in [0.3, 0.4) is 0 Å². The number of carbonyl (C=O) groups excluding carboxylic acids is 1. The Morgan fingerprint density at radius 2 is 1.77 bits per heavy atom. The minimum Gasteiger partial charge on any atom is -0.486 e. The fraction of sp³-hybridized carbons (Fsp3) is 0.238. The number of fused-ring (bicyclic) bond motifs is 1. The Morgan fingerprint density at radius 1 is 1.00 bits per heavy atom. The number of amides is 1. The van der Waals surface area contributed by atoms with Gasteiger partial charge in [-0.2, -0.15) is 0 Å². The van der Waals surface area contributed by atoms with Gasteiger partial charge < -0.3 is 19.3 Å². The highest BCUT2D eigenvalue weighted by Gasteiger charge is 2.17. The van der Waals surface area contributed by atoms with Crippen LogP contribution in [0, 0.1) is 0 Å². The first-order chi connectivity index (χ1) is 14.5. The summed E-state index contributed by atoms with van der Waals surface area (Å²) in [5, 5.41) is 6.62. The van der Waals surface area contributed by atoms with Gasteiger partial charge >= 0.3 is 0 Å². The number of hydrogen-bond acceptors (Lipinski definition) is 7. The molecule has 0 saturated carbocycles. The summed E-state index contributed by atoms with van der Waals surface area (Å²) in [7, 11) is -3.49. The average Bonchev–Trinajstić information content (AvgIpc) is 3.26. The molecule has 0 fully saturated rings. The third kappa shape index (κ3) is 4.62. The highest BCUT2D eigenvalue weighted by atomic mass is 32.2. The van der Waals surface area contributed by atoms with Crippen molar-refractivity contribution >= 4 is 15.7 Å². The van der Waals surface area contributed by atoms with Crippen LogP contribution in [0.5, 0.6) is 11.5 Å². The monoisotopic (exact) mass is 428 g/mol.